The summed E-state index contributed by atoms with van der Waals surface area (Å²) in [4.78, 5) is 24.5. The molecule has 3 aromatic rings. The van der Waals surface area contributed by atoms with Crippen LogP contribution in [0.1, 0.15) is 45.4 Å². The summed E-state index contributed by atoms with van der Waals surface area (Å²) < 4.78 is 5.21. The van der Waals surface area contributed by atoms with Gasteiger partial charge < -0.3 is 4.74 Å². The number of hydrogen-bond donors (Lipinski definition) is 0. The number of Topliss-reactive ketones (excluding diaryl/α,β-unsaturated/α-hetero) is 1. The van der Waals surface area contributed by atoms with Gasteiger partial charge in [-0.2, -0.15) is 0 Å². The molecule has 6 heteroatoms. The Kier molecular flexibility index (Phi) is 4.71. The van der Waals surface area contributed by atoms with Crippen LogP contribution in [0.4, 0.5) is 0 Å². The fraction of sp³-hybridized carbons (Fsp3) is 0.350. The van der Waals surface area contributed by atoms with E-state index in [1.807, 2.05) is 18.2 Å². The lowest BCUT2D eigenvalue weighted by molar-refractivity contribution is 0.102. The van der Waals surface area contributed by atoms with Gasteiger partial charge in [-0.05, 0) is 44.4 Å². The number of nitrogens with zero attached hydrogens (tertiary/aromatic N) is 2. The summed E-state index contributed by atoms with van der Waals surface area (Å²) in [5, 5.41) is 2.05. The Balaban J connectivity index is 1.62. The second-order valence-corrected chi connectivity index (χ2v) is 8.74. The molecule has 0 unspecified atom stereocenters. The molecule has 0 bridgehead atoms. The highest BCUT2D eigenvalue weighted by Gasteiger charge is 2.28. The summed E-state index contributed by atoms with van der Waals surface area (Å²) in [6.07, 6.45) is 2.34. The molecule has 0 spiro atoms. The van der Waals surface area contributed by atoms with Crippen molar-refractivity contribution in [2.45, 2.75) is 37.6 Å². The van der Waals surface area contributed by atoms with Gasteiger partial charge in [0, 0.05) is 21.7 Å². The van der Waals surface area contributed by atoms with E-state index in [1.165, 1.54) is 35.0 Å². The molecule has 1 saturated carbocycles. The van der Waals surface area contributed by atoms with Crippen molar-refractivity contribution < 1.29 is 9.53 Å². The average molecular weight is 385 g/mol. The lowest BCUT2D eigenvalue weighted by atomic mass is 10.1. The number of ether oxygens (including phenoxy) is 1. The van der Waals surface area contributed by atoms with Crippen molar-refractivity contribution in [1.29, 1.82) is 0 Å². The van der Waals surface area contributed by atoms with Gasteiger partial charge in [-0.3, -0.25) is 4.79 Å². The highest BCUT2D eigenvalue weighted by molar-refractivity contribution is 8.00. The van der Waals surface area contributed by atoms with Gasteiger partial charge in [0.15, 0.2) is 5.78 Å². The van der Waals surface area contributed by atoms with Crippen LogP contribution in [-0.2, 0) is 0 Å². The second kappa shape index (κ2) is 7.00. The molecule has 1 fully saturated rings. The first-order chi connectivity index (χ1) is 12.6. The van der Waals surface area contributed by atoms with Gasteiger partial charge in [-0.15, -0.1) is 11.3 Å². The summed E-state index contributed by atoms with van der Waals surface area (Å²) in [6.45, 7) is 4.23. The largest absolute Gasteiger partial charge is 0.497 e. The van der Waals surface area contributed by atoms with Crippen molar-refractivity contribution in [3.63, 3.8) is 0 Å². The minimum absolute atomic E-state index is 0.0817. The van der Waals surface area contributed by atoms with Crippen LogP contribution in [0, 0.1) is 13.8 Å². The predicted octanol–water partition coefficient (Wildman–Crippen LogP) is 5.17. The molecule has 1 aromatic carbocycles. The van der Waals surface area contributed by atoms with Crippen molar-refractivity contribution >= 4 is 39.1 Å². The van der Waals surface area contributed by atoms with Crippen LogP contribution in [0.2, 0.25) is 0 Å². The number of methoxy groups -OCH3 is 1. The minimum atomic E-state index is 0.0817. The Hall–Kier alpha value is -1.92. The average Bonchev–Trinajstić information content (AvgIpc) is 3.46. The number of benzene rings is 1. The molecule has 2 heterocycles. The molecule has 0 amide bonds. The summed E-state index contributed by atoms with van der Waals surface area (Å²) in [6, 6.07) is 7.30. The van der Waals surface area contributed by atoms with E-state index >= 15 is 0 Å². The highest BCUT2D eigenvalue weighted by Crippen LogP contribution is 2.42. The molecule has 134 valence electrons. The zero-order valence-electron chi connectivity index (χ0n) is 15.0. The minimum Gasteiger partial charge on any atom is -0.497 e. The molecule has 2 aromatic heterocycles. The quantitative estimate of drug-likeness (QED) is 0.333. The van der Waals surface area contributed by atoms with Gasteiger partial charge in [-0.1, -0.05) is 23.9 Å². The monoisotopic (exact) mass is 384 g/mol. The van der Waals surface area contributed by atoms with Crippen molar-refractivity contribution in [2.24, 2.45) is 0 Å². The van der Waals surface area contributed by atoms with Gasteiger partial charge in [0.05, 0.1) is 12.9 Å². The lowest BCUT2D eigenvalue weighted by Gasteiger charge is -2.07. The Morgan fingerprint density at radius 3 is 2.85 bits per heavy atom. The smallest absolute Gasteiger partial charge is 0.173 e. The third-order valence-corrected chi connectivity index (χ3v) is 6.76. The number of thiophene rings is 1. The number of aromatic nitrogens is 2. The van der Waals surface area contributed by atoms with Gasteiger partial charge in [0.1, 0.15) is 21.4 Å². The fourth-order valence-corrected chi connectivity index (χ4v) is 4.96. The van der Waals surface area contributed by atoms with Crippen LogP contribution in [0.15, 0.2) is 29.3 Å². The molecule has 4 rings (SSSR count). The molecule has 1 aliphatic carbocycles. The maximum absolute atomic E-state index is 12.6. The van der Waals surface area contributed by atoms with Gasteiger partial charge in [0.25, 0.3) is 0 Å². The van der Waals surface area contributed by atoms with Crippen LogP contribution in [-0.4, -0.2) is 28.6 Å². The molecule has 0 aliphatic heterocycles. The van der Waals surface area contributed by atoms with E-state index in [1.54, 1.807) is 24.5 Å². The van der Waals surface area contributed by atoms with Crippen molar-refractivity contribution in [3.05, 3.63) is 46.1 Å². The SMILES string of the molecule is COc1cccc(C(=O)CSc2nc(C3CC3)nc3sc(C)c(C)c23)c1. The number of rotatable bonds is 6. The van der Waals surface area contributed by atoms with Crippen molar-refractivity contribution in [3.8, 4) is 5.75 Å². The number of carbonyl (C=O) groups excluding carboxylic acids is 1. The van der Waals surface area contributed by atoms with Crippen LogP contribution in [0.25, 0.3) is 10.2 Å². The Morgan fingerprint density at radius 1 is 1.31 bits per heavy atom. The molecular formula is C20H20N2O2S2. The highest BCUT2D eigenvalue weighted by atomic mass is 32.2. The first kappa shape index (κ1) is 17.5. The topological polar surface area (TPSA) is 52.1 Å². The standard InChI is InChI=1S/C20H20N2O2S2/c1-11-12(2)26-20-17(11)19(21-18(22-20)13-7-8-13)25-10-16(23)14-5-4-6-15(9-14)24-3/h4-6,9,13H,7-8,10H2,1-3H3. The van der Waals surface area contributed by atoms with E-state index in [4.69, 9.17) is 14.7 Å². The number of ketones is 1. The van der Waals surface area contributed by atoms with E-state index in [2.05, 4.69) is 13.8 Å². The van der Waals surface area contributed by atoms with Crippen LogP contribution in [0.3, 0.4) is 0 Å². The third-order valence-electron chi connectivity index (χ3n) is 4.69. The Bertz CT molecular complexity index is 993. The maximum Gasteiger partial charge on any atom is 0.173 e. The molecule has 26 heavy (non-hydrogen) atoms. The molecule has 0 saturated heterocycles. The maximum atomic E-state index is 12.6. The van der Waals surface area contributed by atoms with Crippen molar-refractivity contribution in [2.75, 3.05) is 12.9 Å². The van der Waals surface area contributed by atoms with Crippen LogP contribution >= 0.6 is 23.1 Å². The Morgan fingerprint density at radius 2 is 2.12 bits per heavy atom. The van der Waals surface area contributed by atoms with E-state index in [0.29, 0.717) is 23.0 Å². The first-order valence-electron chi connectivity index (χ1n) is 8.64. The van der Waals surface area contributed by atoms with Gasteiger partial charge in [-0.25, -0.2) is 9.97 Å². The number of thioether (sulfide) groups is 1. The number of aryl methyl sites for hydroxylation is 2. The number of carbonyl (C=O) groups is 1. The number of hydrogen-bond acceptors (Lipinski definition) is 6. The third kappa shape index (κ3) is 3.35. The molecule has 0 N–H and O–H groups in total. The number of fused-ring (bicyclic) bond motifs is 1. The first-order valence-corrected chi connectivity index (χ1v) is 10.4. The summed E-state index contributed by atoms with van der Waals surface area (Å²) in [5.41, 5.74) is 1.89. The lowest BCUT2D eigenvalue weighted by Crippen LogP contribution is -2.04. The fourth-order valence-electron chi connectivity index (χ4n) is 2.87. The van der Waals surface area contributed by atoms with E-state index < -0.39 is 0 Å². The normalized spacial score (nSPS) is 14.0. The van der Waals surface area contributed by atoms with E-state index in [-0.39, 0.29) is 5.78 Å². The molecule has 4 nitrogen and oxygen atoms in total. The zero-order chi connectivity index (χ0) is 18.3. The molecular weight excluding hydrogens is 364 g/mol. The Labute approximate surface area is 161 Å². The van der Waals surface area contributed by atoms with Gasteiger partial charge in [0.2, 0.25) is 0 Å². The summed E-state index contributed by atoms with van der Waals surface area (Å²) in [7, 11) is 1.61. The molecule has 1 aliphatic rings. The second-order valence-electron chi connectivity index (χ2n) is 6.57. The van der Waals surface area contributed by atoms with E-state index in [9.17, 15) is 4.79 Å². The summed E-state index contributed by atoms with van der Waals surface area (Å²) in [5.74, 6) is 2.58. The molecule has 0 atom stereocenters. The van der Waals surface area contributed by atoms with Gasteiger partial charge >= 0.3 is 0 Å². The van der Waals surface area contributed by atoms with Crippen LogP contribution < -0.4 is 4.74 Å². The van der Waals surface area contributed by atoms with Crippen LogP contribution in [0.5, 0.6) is 5.75 Å². The van der Waals surface area contributed by atoms with E-state index in [0.717, 1.165) is 21.1 Å². The molecule has 0 radical (unpaired) electrons. The zero-order valence-corrected chi connectivity index (χ0v) is 16.7. The van der Waals surface area contributed by atoms with Crippen molar-refractivity contribution in [1.82, 2.24) is 9.97 Å². The predicted molar refractivity (Wildman–Crippen MR) is 107 cm³/mol. The summed E-state index contributed by atoms with van der Waals surface area (Å²) >= 11 is 3.24.